The van der Waals surface area contributed by atoms with Crippen LogP contribution in [-0.4, -0.2) is 48.1 Å². The number of carbonyl (C=O) groups excluding carboxylic acids is 2. The van der Waals surface area contributed by atoms with Crippen molar-refractivity contribution in [2.45, 2.75) is 0 Å². The molecule has 0 fully saturated rings. The van der Waals surface area contributed by atoms with Crippen LogP contribution in [-0.2, 0) is 0 Å². The first-order valence-electron chi connectivity index (χ1n) is 6.66. The number of aliphatic hydroxyl groups excluding tert-OH is 1. The quantitative estimate of drug-likeness (QED) is 0.353. The molecule has 2 amide bonds. The number of carbonyl (C=O) groups is 2. The van der Waals surface area contributed by atoms with Crippen molar-refractivity contribution in [1.82, 2.24) is 4.90 Å². The van der Waals surface area contributed by atoms with Crippen LogP contribution >= 0.6 is 0 Å². The minimum Gasteiger partial charge on any atom is -0.396 e. The minimum atomic E-state index is -1.22. The molecule has 10 nitrogen and oxygen atoms in total. The van der Waals surface area contributed by atoms with E-state index in [9.17, 15) is 14.7 Å². The fraction of sp³-hybridized carbons (Fsp3) is 0.385. The van der Waals surface area contributed by atoms with Gasteiger partial charge in [-0.2, -0.15) is 0 Å². The molecular weight excluding hydrogens is 302 g/mol. The molecule has 1 aliphatic heterocycles. The number of nitrogens with zero attached hydrogens (tertiary/aromatic N) is 7. The number of imide groups is 1. The number of aliphatic hydroxyl groups is 1. The van der Waals surface area contributed by atoms with Gasteiger partial charge in [-0.15, -0.1) is 0 Å². The second-order valence-corrected chi connectivity index (χ2v) is 5.18. The zero-order valence-corrected chi connectivity index (χ0v) is 12.0. The van der Waals surface area contributed by atoms with Crippen LogP contribution in [0.1, 0.15) is 20.7 Å². The summed E-state index contributed by atoms with van der Waals surface area (Å²) in [5.74, 6) is -0.990. The molecule has 1 aromatic carbocycles. The van der Waals surface area contributed by atoms with E-state index in [0.717, 1.165) is 4.90 Å². The first-order valence-corrected chi connectivity index (χ1v) is 6.66. The van der Waals surface area contributed by atoms with Crippen molar-refractivity contribution >= 4 is 11.8 Å². The Labute approximate surface area is 130 Å². The zero-order valence-electron chi connectivity index (χ0n) is 12.0. The molecule has 0 radical (unpaired) electrons. The van der Waals surface area contributed by atoms with Crippen LogP contribution in [0.25, 0.3) is 20.9 Å². The van der Waals surface area contributed by atoms with Crippen LogP contribution in [0.4, 0.5) is 0 Å². The lowest BCUT2D eigenvalue weighted by Crippen LogP contribution is -2.46. The summed E-state index contributed by atoms with van der Waals surface area (Å²) >= 11 is 0. The lowest BCUT2D eigenvalue weighted by atomic mass is 9.88. The average Bonchev–Trinajstić information content (AvgIpc) is 2.82. The molecule has 1 N–H and O–H groups in total. The van der Waals surface area contributed by atoms with Gasteiger partial charge < -0.3 is 5.11 Å². The van der Waals surface area contributed by atoms with E-state index in [1.165, 1.54) is 12.1 Å². The number of azide groups is 2. The van der Waals surface area contributed by atoms with Crippen molar-refractivity contribution in [1.29, 1.82) is 0 Å². The van der Waals surface area contributed by atoms with Crippen molar-refractivity contribution in [2.24, 2.45) is 15.6 Å². The van der Waals surface area contributed by atoms with Gasteiger partial charge in [-0.25, -0.2) is 0 Å². The van der Waals surface area contributed by atoms with E-state index in [4.69, 9.17) is 11.1 Å². The van der Waals surface area contributed by atoms with Crippen LogP contribution in [0.15, 0.2) is 34.5 Å². The molecule has 0 aliphatic carbocycles. The molecule has 0 spiro atoms. The van der Waals surface area contributed by atoms with Gasteiger partial charge in [0.05, 0.1) is 17.7 Å². The summed E-state index contributed by atoms with van der Waals surface area (Å²) in [4.78, 5) is 30.9. The van der Waals surface area contributed by atoms with Gasteiger partial charge in [0.1, 0.15) is 0 Å². The van der Waals surface area contributed by atoms with E-state index >= 15 is 0 Å². The molecule has 0 aromatic heterocycles. The third kappa shape index (κ3) is 3.09. The Bertz CT molecular complexity index is 680. The van der Waals surface area contributed by atoms with Crippen LogP contribution < -0.4 is 0 Å². The summed E-state index contributed by atoms with van der Waals surface area (Å²) < 4.78 is 0. The van der Waals surface area contributed by atoms with Crippen LogP contribution in [0.5, 0.6) is 0 Å². The molecule has 2 rings (SSSR count). The maximum absolute atomic E-state index is 12.4. The predicted octanol–water partition coefficient (Wildman–Crippen LogP) is 1.88. The Morgan fingerprint density at radius 3 is 1.91 bits per heavy atom. The van der Waals surface area contributed by atoms with E-state index in [2.05, 4.69) is 20.1 Å². The zero-order chi connectivity index (χ0) is 16.9. The molecule has 0 saturated heterocycles. The molecular formula is C13H13N7O3. The first-order chi connectivity index (χ1) is 11.1. The van der Waals surface area contributed by atoms with Gasteiger partial charge in [-0.3, -0.25) is 14.5 Å². The summed E-state index contributed by atoms with van der Waals surface area (Å²) in [7, 11) is 0. The van der Waals surface area contributed by atoms with Crippen molar-refractivity contribution in [2.75, 3.05) is 26.2 Å². The van der Waals surface area contributed by atoms with Gasteiger partial charge >= 0.3 is 0 Å². The van der Waals surface area contributed by atoms with E-state index in [1.807, 2.05) is 0 Å². The van der Waals surface area contributed by atoms with Gasteiger partial charge in [0.15, 0.2) is 0 Å². The summed E-state index contributed by atoms with van der Waals surface area (Å²) in [6.07, 6.45) is 0. The molecule has 23 heavy (non-hydrogen) atoms. The van der Waals surface area contributed by atoms with E-state index in [0.29, 0.717) is 0 Å². The minimum absolute atomic E-state index is 0.214. The smallest absolute Gasteiger partial charge is 0.261 e. The number of amides is 2. The molecule has 1 aromatic rings. The molecule has 0 atom stereocenters. The Kier molecular flexibility index (Phi) is 4.82. The summed E-state index contributed by atoms with van der Waals surface area (Å²) in [5, 5.41) is 16.5. The number of hydrogen-bond donors (Lipinski definition) is 1. The lowest BCUT2D eigenvalue weighted by Gasteiger charge is -2.32. The van der Waals surface area contributed by atoms with Crippen molar-refractivity contribution in [3.05, 3.63) is 56.3 Å². The largest absolute Gasteiger partial charge is 0.396 e. The molecule has 0 bridgehead atoms. The van der Waals surface area contributed by atoms with Crippen LogP contribution in [0.3, 0.4) is 0 Å². The Morgan fingerprint density at radius 1 is 1.04 bits per heavy atom. The number of benzene rings is 1. The highest BCUT2D eigenvalue weighted by Crippen LogP contribution is 2.28. The van der Waals surface area contributed by atoms with E-state index < -0.39 is 23.8 Å². The molecule has 1 aliphatic rings. The monoisotopic (exact) mass is 315 g/mol. The maximum atomic E-state index is 12.4. The molecule has 118 valence electrons. The standard InChI is InChI=1S/C13H13N7O3/c14-18-16-5-13(8-21,6-17-19-15)7-20-11(22)9-3-1-2-4-10(9)12(20)23/h1-4,21H,5-8H2. The highest BCUT2D eigenvalue weighted by Gasteiger charge is 2.41. The Morgan fingerprint density at radius 2 is 1.52 bits per heavy atom. The van der Waals surface area contributed by atoms with Gasteiger partial charge in [0, 0.05) is 34.9 Å². The summed E-state index contributed by atoms with van der Waals surface area (Å²) in [6.45, 7) is -1.16. The normalized spacial score (nSPS) is 15.4. The number of fused-ring (bicyclic) bond motifs is 1. The van der Waals surface area contributed by atoms with Gasteiger partial charge in [0.2, 0.25) is 0 Å². The number of rotatable bonds is 7. The highest BCUT2D eigenvalue weighted by molar-refractivity contribution is 6.21. The van der Waals surface area contributed by atoms with E-state index in [-0.39, 0.29) is 30.8 Å². The first kappa shape index (κ1) is 16.3. The van der Waals surface area contributed by atoms with Crippen molar-refractivity contribution in [3.63, 3.8) is 0 Å². The second kappa shape index (κ2) is 6.80. The molecule has 0 saturated carbocycles. The SMILES string of the molecule is [N-]=[N+]=NCC(CO)(CN=[N+]=[N-])CN1C(=O)c2ccccc2C1=O. The fourth-order valence-electron chi connectivity index (χ4n) is 2.38. The third-order valence-corrected chi connectivity index (χ3v) is 3.65. The topological polar surface area (TPSA) is 155 Å². The molecule has 10 heteroatoms. The van der Waals surface area contributed by atoms with Crippen molar-refractivity contribution < 1.29 is 14.7 Å². The van der Waals surface area contributed by atoms with Gasteiger partial charge in [-0.05, 0) is 23.2 Å². The van der Waals surface area contributed by atoms with Crippen LogP contribution in [0, 0.1) is 5.41 Å². The summed E-state index contributed by atoms with van der Waals surface area (Å²) in [6, 6.07) is 6.37. The predicted molar refractivity (Wildman–Crippen MR) is 79.4 cm³/mol. The molecule has 0 unspecified atom stereocenters. The van der Waals surface area contributed by atoms with Gasteiger partial charge in [0.25, 0.3) is 11.8 Å². The Hall–Kier alpha value is -3.06. The van der Waals surface area contributed by atoms with Crippen LogP contribution in [0.2, 0.25) is 0 Å². The van der Waals surface area contributed by atoms with Crippen molar-refractivity contribution in [3.8, 4) is 0 Å². The Balaban J connectivity index is 2.33. The third-order valence-electron chi connectivity index (χ3n) is 3.65. The molecule has 1 heterocycles. The summed E-state index contributed by atoms with van der Waals surface area (Å²) in [5.41, 5.74) is 16.3. The lowest BCUT2D eigenvalue weighted by molar-refractivity contribution is 0.0497. The highest BCUT2D eigenvalue weighted by atomic mass is 16.3. The average molecular weight is 315 g/mol. The second-order valence-electron chi connectivity index (χ2n) is 5.18. The fourth-order valence-corrected chi connectivity index (χ4v) is 2.38. The van der Waals surface area contributed by atoms with Gasteiger partial charge in [-0.1, -0.05) is 22.4 Å². The maximum Gasteiger partial charge on any atom is 0.261 e. The number of hydrogen-bond acceptors (Lipinski definition) is 5. The van der Waals surface area contributed by atoms with E-state index in [1.54, 1.807) is 12.1 Å².